The van der Waals surface area contributed by atoms with Crippen molar-refractivity contribution in [2.45, 2.75) is 19.6 Å². The smallest absolute Gasteiger partial charge is 0.197 e. The fourth-order valence-electron chi connectivity index (χ4n) is 2.60. The number of aromatic amines is 1. The summed E-state index contributed by atoms with van der Waals surface area (Å²) in [5.74, 6) is 0. The summed E-state index contributed by atoms with van der Waals surface area (Å²) in [6.45, 7) is 6.82. The molecule has 0 bridgehead atoms. The fraction of sp³-hybridized carbons (Fsp3) is 0.188. The summed E-state index contributed by atoms with van der Waals surface area (Å²) in [4.78, 5) is 16.1. The van der Waals surface area contributed by atoms with Crippen LogP contribution in [-0.2, 0) is 0 Å². The van der Waals surface area contributed by atoms with Crippen molar-refractivity contribution in [2.75, 3.05) is 0 Å². The van der Waals surface area contributed by atoms with E-state index in [0.29, 0.717) is 0 Å². The Morgan fingerprint density at radius 1 is 0.895 bits per heavy atom. The molecule has 0 unspecified atom stereocenters. The third kappa shape index (κ3) is 1.90. The number of benzene rings is 2. The second-order valence-electron chi connectivity index (χ2n) is 5.98. The largest absolute Gasteiger partial charge is 0.354 e. The van der Waals surface area contributed by atoms with Gasteiger partial charge in [-0.3, -0.25) is 4.79 Å². The van der Waals surface area contributed by atoms with E-state index in [1.807, 2.05) is 36.4 Å². The maximum absolute atomic E-state index is 12.8. The Kier molecular flexibility index (Phi) is 2.61. The topological polar surface area (TPSA) is 32.9 Å². The first-order valence-corrected chi connectivity index (χ1v) is 10.0. The highest BCUT2D eigenvalue weighted by Crippen LogP contribution is 2.15. The molecule has 3 rings (SSSR count). The van der Waals surface area contributed by atoms with E-state index in [0.717, 1.165) is 21.8 Å². The molecule has 0 saturated heterocycles. The number of fused-ring (bicyclic) bond motifs is 2. The molecule has 0 amide bonds. The standard InChI is InChI=1S/C16H17NOSi/c1-19(2,3)14-10-6-9-13-15(14)16(18)11-7-4-5-8-12(11)17-13/h4-10H,1-3H3,(H,17,18). The van der Waals surface area contributed by atoms with Gasteiger partial charge in [-0.25, -0.2) is 0 Å². The van der Waals surface area contributed by atoms with E-state index in [1.165, 1.54) is 5.19 Å². The average molecular weight is 267 g/mol. The van der Waals surface area contributed by atoms with E-state index < -0.39 is 8.07 Å². The summed E-state index contributed by atoms with van der Waals surface area (Å²) in [5.41, 5.74) is 2.01. The SMILES string of the molecule is C[Si](C)(C)c1cccc2[nH]c3ccccc3c(=O)c12. The summed E-state index contributed by atoms with van der Waals surface area (Å²) in [5, 5.41) is 2.89. The molecular formula is C16H17NOSi. The number of nitrogens with one attached hydrogen (secondary N) is 1. The molecule has 19 heavy (non-hydrogen) atoms. The first-order chi connectivity index (χ1) is 8.98. The van der Waals surface area contributed by atoms with Crippen molar-refractivity contribution < 1.29 is 0 Å². The molecule has 0 aliphatic carbocycles. The van der Waals surface area contributed by atoms with Crippen LogP contribution in [0.4, 0.5) is 0 Å². The monoisotopic (exact) mass is 267 g/mol. The highest BCUT2D eigenvalue weighted by molar-refractivity contribution is 6.90. The van der Waals surface area contributed by atoms with Crippen molar-refractivity contribution in [1.29, 1.82) is 0 Å². The predicted octanol–water partition coefficient (Wildman–Crippen LogP) is 3.23. The molecule has 1 aromatic heterocycles. The zero-order valence-corrected chi connectivity index (χ0v) is 12.4. The third-order valence-electron chi connectivity index (χ3n) is 3.54. The van der Waals surface area contributed by atoms with E-state index in [4.69, 9.17) is 0 Å². The molecule has 0 fully saturated rings. The lowest BCUT2D eigenvalue weighted by Crippen LogP contribution is -2.40. The van der Waals surface area contributed by atoms with Crippen LogP contribution >= 0.6 is 0 Å². The van der Waals surface area contributed by atoms with Crippen molar-refractivity contribution in [3.63, 3.8) is 0 Å². The number of hydrogen-bond acceptors (Lipinski definition) is 1. The molecule has 1 heterocycles. The minimum atomic E-state index is -1.54. The van der Waals surface area contributed by atoms with Crippen molar-refractivity contribution >= 4 is 35.1 Å². The minimum absolute atomic E-state index is 0.155. The molecule has 1 N–H and O–H groups in total. The Balaban J connectivity index is 2.57. The Morgan fingerprint density at radius 2 is 1.58 bits per heavy atom. The maximum Gasteiger partial charge on any atom is 0.197 e. The van der Waals surface area contributed by atoms with Gasteiger partial charge in [0.2, 0.25) is 0 Å². The van der Waals surface area contributed by atoms with Crippen LogP contribution in [0.2, 0.25) is 19.6 Å². The number of aromatic nitrogens is 1. The van der Waals surface area contributed by atoms with Crippen molar-refractivity contribution in [2.24, 2.45) is 0 Å². The molecular weight excluding hydrogens is 250 g/mol. The number of H-pyrrole nitrogens is 1. The molecule has 3 heteroatoms. The molecule has 0 saturated carbocycles. The quantitative estimate of drug-likeness (QED) is 0.533. The predicted molar refractivity (Wildman–Crippen MR) is 85.1 cm³/mol. The molecule has 0 atom stereocenters. The Labute approximate surface area is 113 Å². The number of pyridine rings is 1. The van der Waals surface area contributed by atoms with Gasteiger partial charge in [0.1, 0.15) is 0 Å². The maximum atomic E-state index is 12.8. The van der Waals surface area contributed by atoms with Crippen LogP contribution in [0.5, 0.6) is 0 Å². The molecule has 96 valence electrons. The van der Waals surface area contributed by atoms with Gasteiger partial charge in [-0.15, -0.1) is 0 Å². The Morgan fingerprint density at radius 3 is 2.32 bits per heavy atom. The van der Waals surface area contributed by atoms with Gasteiger partial charge in [0.15, 0.2) is 5.43 Å². The van der Waals surface area contributed by atoms with E-state index in [2.05, 4.69) is 30.7 Å². The molecule has 3 aromatic rings. The molecule has 0 aliphatic heterocycles. The summed E-state index contributed by atoms with van der Waals surface area (Å²) >= 11 is 0. The summed E-state index contributed by atoms with van der Waals surface area (Å²) in [7, 11) is -1.54. The van der Waals surface area contributed by atoms with Crippen LogP contribution in [0.25, 0.3) is 21.8 Å². The number of rotatable bonds is 1. The van der Waals surface area contributed by atoms with Gasteiger partial charge in [0.25, 0.3) is 0 Å². The van der Waals surface area contributed by atoms with Gasteiger partial charge in [0, 0.05) is 21.8 Å². The highest BCUT2D eigenvalue weighted by Gasteiger charge is 2.21. The molecule has 0 spiro atoms. The minimum Gasteiger partial charge on any atom is -0.354 e. The van der Waals surface area contributed by atoms with Gasteiger partial charge in [-0.05, 0) is 23.4 Å². The summed E-state index contributed by atoms with van der Waals surface area (Å²) < 4.78 is 0. The number of hydrogen-bond donors (Lipinski definition) is 1. The van der Waals surface area contributed by atoms with Gasteiger partial charge in [-0.1, -0.05) is 43.9 Å². The third-order valence-corrected chi connectivity index (χ3v) is 5.57. The lowest BCUT2D eigenvalue weighted by molar-refractivity contribution is 1.48. The first kappa shape index (κ1) is 12.2. The van der Waals surface area contributed by atoms with Crippen LogP contribution in [0.3, 0.4) is 0 Å². The average Bonchev–Trinajstić information content (AvgIpc) is 2.37. The summed E-state index contributed by atoms with van der Waals surface area (Å²) in [6, 6.07) is 13.9. The van der Waals surface area contributed by atoms with E-state index in [1.54, 1.807) is 0 Å². The summed E-state index contributed by atoms with van der Waals surface area (Å²) in [6.07, 6.45) is 0. The molecule has 0 aliphatic rings. The van der Waals surface area contributed by atoms with Crippen molar-refractivity contribution in [1.82, 2.24) is 4.98 Å². The zero-order valence-electron chi connectivity index (χ0n) is 11.4. The van der Waals surface area contributed by atoms with Crippen LogP contribution in [-0.4, -0.2) is 13.1 Å². The van der Waals surface area contributed by atoms with Gasteiger partial charge in [0.05, 0.1) is 8.07 Å². The normalized spacial score (nSPS) is 12.2. The second kappa shape index (κ2) is 4.07. The Bertz CT molecular complexity index is 827. The van der Waals surface area contributed by atoms with Crippen molar-refractivity contribution in [3.05, 3.63) is 52.7 Å². The van der Waals surface area contributed by atoms with E-state index >= 15 is 0 Å². The van der Waals surface area contributed by atoms with Crippen LogP contribution in [0.15, 0.2) is 47.3 Å². The van der Waals surface area contributed by atoms with Crippen LogP contribution in [0.1, 0.15) is 0 Å². The Hall–Kier alpha value is -1.87. The van der Waals surface area contributed by atoms with Gasteiger partial charge >= 0.3 is 0 Å². The fourth-order valence-corrected chi connectivity index (χ4v) is 4.19. The van der Waals surface area contributed by atoms with Gasteiger partial charge in [-0.2, -0.15) is 0 Å². The van der Waals surface area contributed by atoms with E-state index in [-0.39, 0.29) is 5.43 Å². The van der Waals surface area contributed by atoms with E-state index in [9.17, 15) is 4.79 Å². The molecule has 0 radical (unpaired) electrons. The van der Waals surface area contributed by atoms with Crippen molar-refractivity contribution in [3.8, 4) is 0 Å². The van der Waals surface area contributed by atoms with Crippen LogP contribution in [0, 0.1) is 0 Å². The second-order valence-corrected chi connectivity index (χ2v) is 11.0. The lowest BCUT2D eigenvalue weighted by Gasteiger charge is -2.19. The van der Waals surface area contributed by atoms with Crippen LogP contribution < -0.4 is 10.6 Å². The highest BCUT2D eigenvalue weighted by atomic mass is 28.3. The zero-order chi connectivity index (χ0) is 13.6. The lowest BCUT2D eigenvalue weighted by atomic mass is 10.1. The number of para-hydroxylation sites is 1. The molecule has 2 nitrogen and oxygen atoms in total. The van der Waals surface area contributed by atoms with Gasteiger partial charge < -0.3 is 4.98 Å². The molecule has 2 aromatic carbocycles. The first-order valence-electron chi connectivity index (χ1n) is 6.53.